The van der Waals surface area contributed by atoms with Crippen LogP contribution in [0.15, 0.2) is 44.5 Å². The van der Waals surface area contributed by atoms with E-state index in [4.69, 9.17) is 13.9 Å². The molecule has 0 spiro atoms. The number of methoxy groups -OCH3 is 1. The highest BCUT2D eigenvalue weighted by molar-refractivity contribution is 7.91. The van der Waals surface area contributed by atoms with Crippen LogP contribution in [0.25, 0.3) is 11.0 Å². The Bertz CT molecular complexity index is 1180. The number of furan rings is 1. The number of nitrogens with one attached hydrogen (secondary N) is 1. The van der Waals surface area contributed by atoms with E-state index in [1.165, 1.54) is 7.11 Å². The van der Waals surface area contributed by atoms with E-state index < -0.39 is 9.84 Å². The van der Waals surface area contributed by atoms with E-state index in [-0.39, 0.29) is 4.90 Å². The Morgan fingerprint density at radius 2 is 1.96 bits per heavy atom. The fourth-order valence-electron chi connectivity index (χ4n) is 4.00. The first-order valence-electron chi connectivity index (χ1n) is 9.35. The monoisotopic (exact) mass is 399 g/mol. The van der Waals surface area contributed by atoms with Gasteiger partial charge in [0, 0.05) is 36.5 Å². The van der Waals surface area contributed by atoms with Crippen molar-refractivity contribution in [3.05, 3.63) is 52.8 Å². The lowest BCUT2D eigenvalue weighted by atomic mass is 10.0. The summed E-state index contributed by atoms with van der Waals surface area (Å²) in [5.74, 6) is 1.34. The third-order valence-electron chi connectivity index (χ3n) is 5.54. The smallest absolute Gasteiger partial charge is 0.206 e. The number of ether oxygens (including phenoxy) is 2. The second-order valence-corrected chi connectivity index (χ2v) is 9.12. The number of hydrogen-bond acceptors (Lipinski definition) is 6. The Kier molecular flexibility index (Phi) is 4.19. The van der Waals surface area contributed by atoms with Crippen molar-refractivity contribution in [1.82, 2.24) is 5.32 Å². The fraction of sp³-hybridized carbons (Fsp3) is 0.333. The van der Waals surface area contributed by atoms with E-state index in [0.29, 0.717) is 36.0 Å². The number of fused-ring (bicyclic) bond motifs is 4. The zero-order valence-corrected chi connectivity index (χ0v) is 16.4. The van der Waals surface area contributed by atoms with Gasteiger partial charge in [-0.3, -0.25) is 0 Å². The van der Waals surface area contributed by atoms with Gasteiger partial charge >= 0.3 is 0 Å². The molecule has 2 aliphatic rings. The first-order chi connectivity index (χ1) is 13.6. The predicted octanol–water partition coefficient (Wildman–Crippen LogP) is 2.99. The van der Waals surface area contributed by atoms with Crippen molar-refractivity contribution >= 4 is 20.8 Å². The van der Waals surface area contributed by atoms with Gasteiger partial charge in [-0.2, -0.15) is 0 Å². The largest absolute Gasteiger partial charge is 0.493 e. The van der Waals surface area contributed by atoms with E-state index in [9.17, 15) is 8.42 Å². The Hall–Kier alpha value is -2.35. The van der Waals surface area contributed by atoms with E-state index in [2.05, 4.69) is 5.32 Å². The van der Waals surface area contributed by atoms with Gasteiger partial charge in [-0.15, -0.1) is 0 Å². The summed E-state index contributed by atoms with van der Waals surface area (Å²) < 4.78 is 43.7. The van der Waals surface area contributed by atoms with Crippen LogP contribution in [0.5, 0.6) is 5.75 Å². The summed E-state index contributed by atoms with van der Waals surface area (Å²) in [7, 11) is -2.15. The van der Waals surface area contributed by atoms with E-state index in [1.807, 2.05) is 6.07 Å². The maximum absolute atomic E-state index is 13.4. The van der Waals surface area contributed by atoms with Crippen molar-refractivity contribution in [2.45, 2.75) is 35.8 Å². The van der Waals surface area contributed by atoms with Crippen molar-refractivity contribution in [3.8, 4) is 5.75 Å². The van der Waals surface area contributed by atoms with Crippen LogP contribution in [-0.2, 0) is 40.6 Å². The minimum absolute atomic E-state index is 0.220. The molecule has 0 aliphatic carbocycles. The van der Waals surface area contributed by atoms with Gasteiger partial charge in [0.1, 0.15) is 5.76 Å². The summed E-state index contributed by atoms with van der Waals surface area (Å²) in [6, 6.07) is 8.55. The molecule has 5 rings (SSSR count). The molecule has 7 heteroatoms. The predicted molar refractivity (Wildman–Crippen MR) is 103 cm³/mol. The highest BCUT2D eigenvalue weighted by atomic mass is 32.2. The third-order valence-corrected chi connectivity index (χ3v) is 7.27. The highest BCUT2D eigenvalue weighted by Gasteiger charge is 2.26. The Morgan fingerprint density at radius 3 is 2.82 bits per heavy atom. The number of rotatable bonds is 3. The van der Waals surface area contributed by atoms with Crippen molar-refractivity contribution < 1.29 is 22.3 Å². The highest BCUT2D eigenvalue weighted by Crippen LogP contribution is 2.38. The molecule has 0 amide bonds. The molecule has 3 heterocycles. The fourth-order valence-corrected chi connectivity index (χ4v) is 5.35. The summed E-state index contributed by atoms with van der Waals surface area (Å²) in [4.78, 5) is 0.517. The van der Waals surface area contributed by atoms with Crippen LogP contribution in [0.1, 0.15) is 22.5 Å². The van der Waals surface area contributed by atoms with Crippen LogP contribution in [0, 0.1) is 0 Å². The van der Waals surface area contributed by atoms with Gasteiger partial charge in [0.15, 0.2) is 11.3 Å². The lowest BCUT2D eigenvalue weighted by Gasteiger charge is -2.17. The normalized spacial score (nSPS) is 16.6. The van der Waals surface area contributed by atoms with Crippen molar-refractivity contribution in [2.24, 2.45) is 0 Å². The molecule has 0 bridgehead atoms. The van der Waals surface area contributed by atoms with E-state index in [1.54, 1.807) is 24.3 Å². The molecular weight excluding hydrogens is 378 g/mol. The summed E-state index contributed by atoms with van der Waals surface area (Å²) in [6.07, 6.45) is 1.50. The molecule has 0 unspecified atom stereocenters. The molecule has 0 atom stereocenters. The first kappa shape index (κ1) is 17.7. The standard InChI is InChI=1S/C21H21NO5S/c1-25-20-10-16(9-17-18-11-22-6-4-19(18)27-21(17)20)28(23,24)15-3-2-14-12-26-7-5-13(14)8-15/h2-3,8-10,22H,4-7,11-12H2,1H3. The number of benzene rings is 2. The van der Waals surface area contributed by atoms with Gasteiger partial charge in [0.2, 0.25) is 9.84 Å². The van der Waals surface area contributed by atoms with Crippen LogP contribution in [-0.4, -0.2) is 28.7 Å². The second-order valence-electron chi connectivity index (χ2n) is 7.17. The van der Waals surface area contributed by atoms with Crippen LogP contribution in [0.2, 0.25) is 0 Å². The average molecular weight is 399 g/mol. The molecule has 2 aliphatic heterocycles. The topological polar surface area (TPSA) is 77.8 Å². The molecule has 2 aromatic carbocycles. The van der Waals surface area contributed by atoms with Gasteiger partial charge < -0.3 is 19.2 Å². The van der Waals surface area contributed by atoms with Crippen LogP contribution in [0.4, 0.5) is 0 Å². The SMILES string of the molecule is COc1cc(S(=O)(=O)c2ccc3c(c2)CCOC3)cc2c3c(oc12)CCNC3. The van der Waals surface area contributed by atoms with Gasteiger partial charge in [0.05, 0.1) is 30.1 Å². The van der Waals surface area contributed by atoms with E-state index in [0.717, 1.165) is 47.2 Å². The molecule has 0 radical (unpaired) electrons. The lowest BCUT2D eigenvalue weighted by Crippen LogP contribution is -2.22. The Labute approximate surface area is 163 Å². The van der Waals surface area contributed by atoms with Crippen LogP contribution >= 0.6 is 0 Å². The minimum atomic E-state index is -3.68. The molecule has 0 saturated carbocycles. The lowest BCUT2D eigenvalue weighted by molar-refractivity contribution is 0.110. The quantitative estimate of drug-likeness (QED) is 0.730. The molecule has 0 saturated heterocycles. The number of sulfone groups is 1. The third kappa shape index (κ3) is 2.73. The zero-order valence-electron chi connectivity index (χ0n) is 15.6. The molecule has 3 aromatic rings. The van der Waals surface area contributed by atoms with Crippen molar-refractivity contribution in [1.29, 1.82) is 0 Å². The Balaban J connectivity index is 1.67. The summed E-state index contributed by atoms with van der Waals surface area (Å²) in [5.41, 5.74) is 3.70. The van der Waals surface area contributed by atoms with Crippen molar-refractivity contribution in [3.63, 3.8) is 0 Å². The molecule has 28 heavy (non-hydrogen) atoms. The molecule has 146 valence electrons. The van der Waals surface area contributed by atoms with Crippen LogP contribution < -0.4 is 10.1 Å². The molecule has 1 aromatic heterocycles. The van der Waals surface area contributed by atoms with Crippen molar-refractivity contribution in [2.75, 3.05) is 20.3 Å². The first-order valence-corrected chi connectivity index (χ1v) is 10.8. The maximum Gasteiger partial charge on any atom is 0.206 e. The minimum Gasteiger partial charge on any atom is -0.493 e. The summed E-state index contributed by atoms with van der Waals surface area (Å²) in [6.45, 7) is 2.65. The average Bonchev–Trinajstić information content (AvgIpc) is 3.11. The van der Waals surface area contributed by atoms with Gasteiger partial charge in [-0.05, 0) is 35.7 Å². The van der Waals surface area contributed by atoms with E-state index >= 15 is 0 Å². The van der Waals surface area contributed by atoms with Gasteiger partial charge in [0.25, 0.3) is 0 Å². The van der Waals surface area contributed by atoms with Crippen LogP contribution in [0.3, 0.4) is 0 Å². The second kappa shape index (κ2) is 6.62. The maximum atomic E-state index is 13.4. The summed E-state index contributed by atoms with van der Waals surface area (Å²) >= 11 is 0. The summed E-state index contributed by atoms with van der Waals surface area (Å²) in [5, 5.41) is 4.12. The van der Waals surface area contributed by atoms with Gasteiger partial charge in [-0.25, -0.2) is 8.42 Å². The molecular formula is C21H21NO5S. The number of hydrogen-bond donors (Lipinski definition) is 1. The van der Waals surface area contributed by atoms with Gasteiger partial charge in [-0.1, -0.05) is 6.07 Å². The Morgan fingerprint density at radius 1 is 1.07 bits per heavy atom. The molecule has 1 N–H and O–H groups in total. The molecule has 0 fully saturated rings. The molecule has 6 nitrogen and oxygen atoms in total. The zero-order chi connectivity index (χ0) is 19.3.